The van der Waals surface area contributed by atoms with E-state index in [4.69, 9.17) is 0 Å². The van der Waals surface area contributed by atoms with Gasteiger partial charge in [0.1, 0.15) is 0 Å². The molecule has 0 saturated carbocycles. The predicted octanol–water partition coefficient (Wildman–Crippen LogP) is 0.970. The third-order valence-corrected chi connectivity index (χ3v) is 6.08. The van der Waals surface area contributed by atoms with E-state index in [-0.39, 0.29) is 37.2 Å². The summed E-state index contributed by atoms with van der Waals surface area (Å²) < 4.78 is 0. The third kappa shape index (κ3) is 3.08. The molecule has 0 radical (unpaired) electrons. The molecule has 0 aliphatic carbocycles. The number of hydrogen-bond donors (Lipinski definition) is 3. The first-order chi connectivity index (χ1) is 13.0. The van der Waals surface area contributed by atoms with E-state index in [1.54, 1.807) is 11.9 Å². The highest BCUT2D eigenvalue weighted by Gasteiger charge is 2.58. The van der Waals surface area contributed by atoms with Crippen LogP contribution in [-0.4, -0.2) is 70.8 Å². The molecular formula is C20H29N3O4. The van der Waals surface area contributed by atoms with Gasteiger partial charge in [-0.25, -0.2) is 4.79 Å². The first-order valence-electron chi connectivity index (χ1n) is 9.59. The highest BCUT2D eigenvalue weighted by Crippen LogP contribution is 2.48. The third-order valence-electron chi connectivity index (χ3n) is 6.08. The number of benzene rings is 1. The molecule has 1 aromatic carbocycles. The van der Waals surface area contributed by atoms with Gasteiger partial charge >= 0.3 is 6.03 Å². The molecule has 7 nitrogen and oxygen atoms in total. The Morgan fingerprint density at radius 1 is 1.30 bits per heavy atom. The molecule has 3 rings (SSSR count). The fraction of sp³-hybridized carbons (Fsp3) is 0.600. The van der Waals surface area contributed by atoms with E-state index in [1.807, 2.05) is 36.1 Å². The number of carbonyl (C=O) groups is 2. The highest BCUT2D eigenvalue weighted by molar-refractivity contribution is 5.81. The zero-order chi connectivity index (χ0) is 19.6. The monoisotopic (exact) mass is 375 g/mol. The summed E-state index contributed by atoms with van der Waals surface area (Å²) in [6.45, 7) is 2.23. The molecule has 3 unspecified atom stereocenters. The number of fused-ring (bicyclic) bond motifs is 1. The van der Waals surface area contributed by atoms with E-state index in [2.05, 4.69) is 5.32 Å². The Labute approximate surface area is 160 Å². The van der Waals surface area contributed by atoms with Crippen molar-refractivity contribution in [3.63, 3.8) is 0 Å². The molecule has 2 fully saturated rings. The van der Waals surface area contributed by atoms with Crippen molar-refractivity contribution < 1.29 is 19.8 Å². The molecule has 1 aromatic rings. The predicted molar refractivity (Wildman–Crippen MR) is 101 cm³/mol. The van der Waals surface area contributed by atoms with Gasteiger partial charge in [-0.1, -0.05) is 24.3 Å². The van der Waals surface area contributed by atoms with Crippen molar-refractivity contribution in [3.8, 4) is 0 Å². The Morgan fingerprint density at radius 3 is 2.67 bits per heavy atom. The molecule has 3 amide bonds. The number of aryl methyl sites for hydroxylation is 1. The molecule has 3 N–H and O–H groups in total. The lowest BCUT2D eigenvalue weighted by molar-refractivity contribution is -0.139. The van der Waals surface area contributed by atoms with Crippen LogP contribution >= 0.6 is 0 Å². The van der Waals surface area contributed by atoms with Crippen LogP contribution in [0.4, 0.5) is 4.79 Å². The van der Waals surface area contributed by atoms with E-state index in [9.17, 15) is 19.8 Å². The number of hydrogen-bond acceptors (Lipinski definition) is 4. The number of nitrogens with one attached hydrogen (secondary N) is 1. The summed E-state index contributed by atoms with van der Waals surface area (Å²) in [6, 6.07) is 7.10. The largest absolute Gasteiger partial charge is 0.396 e. The van der Waals surface area contributed by atoms with Crippen molar-refractivity contribution in [2.75, 3.05) is 26.8 Å². The smallest absolute Gasteiger partial charge is 0.318 e. The van der Waals surface area contributed by atoms with Crippen LogP contribution < -0.4 is 5.32 Å². The summed E-state index contributed by atoms with van der Waals surface area (Å²) >= 11 is 0. The van der Waals surface area contributed by atoms with E-state index in [0.29, 0.717) is 32.2 Å². The van der Waals surface area contributed by atoms with Crippen LogP contribution in [0.25, 0.3) is 0 Å². The van der Waals surface area contributed by atoms with Crippen molar-refractivity contribution in [1.82, 2.24) is 15.1 Å². The standard InChI is InChI=1S/C20H29N3O4/c1-14-5-3-4-6-16(14)20(10-12-25)17-7-8-18(26)22(17)13-15(9-11-24)23(20)19(27)21-2/h3-6,15,17,24-25H,7-13H2,1-2H3,(H,21,27). The van der Waals surface area contributed by atoms with Crippen LogP contribution in [-0.2, 0) is 10.3 Å². The first kappa shape index (κ1) is 19.6. The minimum Gasteiger partial charge on any atom is -0.396 e. The van der Waals surface area contributed by atoms with Gasteiger partial charge in [-0.05, 0) is 30.9 Å². The summed E-state index contributed by atoms with van der Waals surface area (Å²) in [6.07, 6.45) is 1.80. The molecule has 7 heteroatoms. The minimum absolute atomic E-state index is 0.0756. The zero-order valence-corrected chi connectivity index (χ0v) is 16.0. The van der Waals surface area contributed by atoms with E-state index in [0.717, 1.165) is 11.1 Å². The second kappa shape index (κ2) is 7.86. The van der Waals surface area contributed by atoms with Gasteiger partial charge in [0.05, 0.1) is 17.6 Å². The molecule has 2 aliphatic rings. The van der Waals surface area contributed by atoms with Gasteiger partial charge in [0.15, 0.2) is 0 Å². The minimum atomic E-state index is -0.829. The summed E-state index contributed by atoms with van der Waals surface area (Å²) in [4.78, 5) is 29.3. The number of aliphatic hydroxyl groups excluding tert-OH is 2. The van der Waals surface area contributed by atoms with E-state index < -0.39 is 5.54 Å². The fourth-order valence-corrected chi connectivity index (χ4v) is 5.05. The van der Waals surface area contributed by atoms with Crippen molar-refractivity contribution in [2.24, 2.45) is 0 Å². The van der Waals surface area contributed by atoms with Crippen LogP contribution in [0.3, 0.4) is 0 Å². The Bertz CT molecular complexity index is 710. The lowest BCUT2D eigenvalue weighted by atomic mass is 9.73. The van der Waals surface area contributed by atoms with Gasteiger partial charge in [0, 0.05) is 39.6 Å². The maximum absolute atomic E-state index is 13.0. The van der Waals surface area contributed by atoms with Gasteiger partial charge in [-0.2, -0.15) is 0 Å². The maximum Gasteiger partial charge on any atom is 0.318 e. The maximum atomic E-state index is 13.0. The second-order valence-electron chi connectivity index (χ2n) is 7.40. The molecule has 148 valence electrons. The zero-order valence-electron chi connectivity index (χ0n) is 16.0. The normalized spacial score (nSPS) is 27.6. The fourth-order valence-electron chi connectivity index (χ4n) is 5.05. The van der Waals surface area contributed by atoms with Gasteiger partial charge in [-0.3, -0.25) is 4.79 Å². The number of aliphatic hydroxyl groups is 2. The number of piperazine rings is 1. The molecule has 2 aliphatic heterocycles. The van der Waals surface area contributed by atoms with Crippen molar-refractivity contribution in [1.29, 1.82) is 0 Å². The first-order valence-corrected chi connectivity index (χ1v) is 9.59. The molecule has 2 heterocycles. The van der Waals surface area contributed by atoms with Gasteiger partial charge in [0.25, 0.3) is 0 Å². The van der Waals surface area contributed by atoms with Crippen molar-refractivity contribution in [2.45, 2.75) is 50.2 Å². The van der Waals surface area contributed by atoms with Crippen molar-refractivity contribution in [3.05, 3.63) is 35.4 Å². The van der Waals surface area contributed by atoms with E-state index >= 15 is 0 Å². The number of amides is 3. The highest BCUT2D eigenvalue weighted by atomic mass is 16.3. The quantitative estimate of drug-likeness (QED) is 0.715. The molecule has 0 aromatic heterocycles. The van der Waals surface area contributed by atoms with E-state index in [1.165, 1.54) is 0 Å². The average molecular weight is 375 g/mol. The molecule has 2 saturated heterocycles. The topological polar surface area (TPSA) is 93.1 Å². The number of carbonyl (C=O) groups excluding carboxylic acids is 2. The lowest BCUT2D eigenvalue weighted by Gasteiger charge is -2.58. The molecule has 3 atom stereocenters. The number of urea groups is 1. The Morgan fingerprint density at radius 2 is 2.04 bits per heavy atom. The van der Waals surface area contributed by atoms with Crippen LogP contribution in [0.5, 0.6) is 0 Å². The van der Waals surface area contributed by atoms with Crippen LogP contribution in [0.2, 0.25) is 0 Å². The van der Waals surface area contributed by atoms with Crippen LogP contribution in [0.1, 0.15) is 36.8 Å². The number of rotatable bonds is 5. The van der Waals surface area contributed by atoms with Crippen LogP contribution in [0, 0.1) is 6.92 Å². The molecule has 0 spiro atoms. The summed E-state index contributed by atoms with van der Waals surface area (Å²) in [5, 5.41) is 22.3. The molecule has 0 bridgehead atoms. The molecular weight excluding hydrogens is 346 g/mol. The SMILES string of the molecule is CNC(=O)N1C(CCO)CN2C(=O)CCC2C1(CCO)c1ccccc1C. The number of nitrogens with zero attached hydrogens (tertiary/aromatic N) is 2. The lowest BCUT2D eigenvalue weighted by Crippen LogP contribution is -2.71. The molecule has 27 heavy (non-hydrogen) atoms. The Kier molecular flexibility index (Phi) is 5.72. The summed E-state index contributed by atoms with van der Waals surface area (Å²) in [5.74, 6) is 0.0791. The van der Waals surface area contributed by atoms with Crippen molar-refractivity contribution >= 4 is 11.9 Å². The van der Waals surface area contributed by atoms with Gasteiger partial charge < -0.3 is 25.3 Å². The Balaban J connectivity index is 2.26. The second-order valence-corrected chi connectivity index (χ2v) is 7.40. The van der Waals surface area contributed by atoms with Crippen LogP contribution in [0.15, 0.2) is 24.3 Å². The summed E-state index contributed by atoms with van der Waals surface area (Å²) in [7, 11) is 1.59. The summed E-state index contributed by atoms with van der Waals surface area (Å²) in [5.41, 5.74) is 1.14. The van der Waals surface area contributed by atoms with Gasteiger partial charge in [0.2, 0.25) is 5.91 Å². The Hall–Kier alpha value is -2.12. The van der Waals surface area contributed by atoms with Gasteiger partial charge in [-0.15, -0.1) is 0 Å². The average Bonchev–Trinajstić information content (AvgIpc) is 3.03.